The molecule has 0 aliphatic heterocycles. The number of Topliss-reactive ketones (excluding diaryl/α,β-unsaturated/α-hetero) is 1. The van der Waals surface area contributed by atoms with E-state index >= 15 is 0 Å². The number of nitrogens with zero attached hydrogens (tertiary/aromatic N) is 2. The number of halogens is 3. The molecule has 0 fully saturated rings. The lowest BCUT2D eigenvalue weighted by molar-refractivity contribution is -0.113. The summed E-state index contributed by atoms with van der Waals surface area (Å²) in [7, 11) is -4.44. The van der Waals surface area contributed by atoms with Crippen LogP contribution in [0.2, 0.25) is 5.02 Å². The molecule has 1 aliphatic carbocycles. The maximum Gasteiger partial charge on any atom is 0.282 e. The number of hydrogen-bond donors (Lipinski definition) is 1. The zero-order valence-corrected chi connectivity index (χ0v) is 22.1. The van der Waals surface area contributed by atoms with Gasteiger partial charge in [-0.2, -0.15) is 5.26 Å². The second-order valence-corrected chi connectivity index (χ2v) is 11.0. The molecule has 0 saturated heterocycles. The van der Waals surface area contributed by atoms with Gasteiger partial charge in [0.15, 0.2) is 5.78 Å². The summed E-state index contributed by atoms with van der Waals surface area (Å²) in [6.45, 7) is -0.362. The molecule has 11 heteroatoms. The number of rotatable bonds is 6. The van der Waals surface area contributed by atoms with Crippen LogP contribution in [0.25, 0.3) is 16.5 Å². The van der Waals surface area contributed by atoms with Gasteiger partial charge in [-0.05, 0) is 60.7 Å². The van der Waals surface area contributed by atoms with Crippen LogP contribution in [0.1, 0.15) is 33.6 Å². The molecule has 1 heterocycles. The molecule has 5 rings (SSSR count). The number of benzene rings is 3. The fourth-order valence-electron chi connectivity index (χ4n) is 4.54. The number of amides is 1. The Kier molecular flexibility index (Phi) is 7.10. The fraction of sp³-hybridized carbons (Fsp3) is 0.0690. The number of carbonyl (C=O) groups is 2. The predicted octanol–water partition coefficient (Wildman–Crippen LogP) is 5.52. The van der Waals surface area contributed by atoms with Crippen LogP contribution in [0.15, 0.2) is 83.8 Å². The average Bonchev–Trinajstić information content (AvgIpc) is 3.23. The highest BCUT2D eigenvalue weighted by Gasteiger charge is 2.31. The molecule has 0 unspecified atom stereocenters. The van der Waals surface area contributed by atoms with Crippen molar-refractivity contribution in [3.05, 3.63) is 118 Å². The maximum absolute atomic E-state index is 14.7. The Morgan fingerprint density at radius 2 is 1.82 bits per heavy atom. The van der Waals surface area contributed by atoms with Gasteiger partial charge in [0, 0.05) is 39.0 Å². The topological polar surface area (TPSA) is 109 Å². The third-order valence-electron chi connectivity index (χ3n) is 6.37. The summed E-state index contributed by atoms with van der Waals surface area (Å²) in [6, 6.07) is 14.3. The third kappa shape index (κ3) is 5.04. The molecule has 7 nitrogen and oxygen atoms in total. The first-order valence-electron chi connectivity index (χ1n) is 11.8. The normalized spacial score (nSPS) is 13.2. The van der Waals surface area contributed by atoms with Crippen LogP contribution in [0, 0.1) is 23.0 Å². The van der Waals surface area contributed by atoms with Crippen LogP contribution in [0.4, 0.5) is 8.78 Å². The second-order valence-electron chi connectivity index (χ2n) is 8.91. The molecule has 1 N–H and O–H groups in total. The summed E-state index contributed by atoms with van der Waals surface area (Å²) in [5.41, 5.74) is 0.439. The van der Waals surface area contributed by atoms with Crippen molar-refractivity contribution in [1.29, 1.82) is 5.26 Å². The summed E-state index contributed by atoms with van der Waals surface area (Å²) in [6.07, 6.45) is 4.81. The van der Waals surface area contributed by atoms with Gasteiger partial charge in [0.2, 0.25) is 0 Å². The molecule has 0 atom stereocenters. The number of aromatic nitrogens is 1. The van der Waals surface area contributed by atoms with E-state index in [4.69, 9.17) is 16.9 Å². The Bertz CT molecular complexity index is 1920. The monoisotopic (exact) mass is 577 g/mol. The highest BCUT2D eigenvalue weighted by molar-refractivity contribution is 7.90. The number of carbonyl (C=O) groups excluding carboxylic acids is 2. The molecule has 0 radical (unpaired) electrons. The van der Waals surface area contributed by atoms with E-state index in [2.05, 4.69) is 0 Å². The number of hydrogen-bond acceptors (Lipinski definition) is 5. The van der Waals surface area contributed by atoms with Crippen molar-refractivity contribution < 1.29 is 26.8 Å². The number of ketones is 1. The van der Waals surface area contributed by atoms with E-state index in [9.17, 15) is 26.8 Å². The minimum absolute atomic E-state index is 0.0438. The average molecular weight is 578 g/mol. The first-order chi connectivity index (χ1) is 19.1. The standard InChI is InChI=1S/C29H18ClF2N3O4S/c30-19-7-12-25-23(14-19)27(22-3-1-2-4-26(22)36)28(35(25)16-18-13-20(31)8-11-24(18)32)29(37)34-40(38,39)21-9-5-17(15-33)6-10-21/h1-3,5-14H,4,16H2,(H,34,37). The molecule has 0 saturated carbocycles. The minimum atomic E-state index is -4.44. The Morgan fingerprint density at radius 1 is 1.07 bits per heavy atom. The van der Waals surface area contributed by atoms with Crippen LogP contribution >= 0.6 is 11.6 Å². The van der Waals surface area contributed by atoms with Gasteiger partial charge in [-0.15, -0.1) is 0 Å². The summed E-state index contributed by atoms with van der Waals surface area (Å²) in [5, 5.41) is 9.63. The van der Waals surface area contributed by atoms with Crippen molar-refractivity contribution in [3.8, 4) is 6.07 Å². The van der Waals surface area contributed by atoms with Crippen LogP contribution in [0.3, 0.4) is 0 Å². The predicted molar refractivity (Wildman–Crippen MR) is 145 cm³/mol. The Hall–Kier alpha value is -4.59. The zero-order chi connectivity index (χ0) is 28.6. The van der Waals surface area contributed by atoms with Gasteiger partial charge < -0.3 is 4.57 Å². The van der Waals surface area contributed by atoms with Crippen molar-refractivity contribution in [2.75, 3.05) is 0 Å². The maximum atomic E-state index is 14.7. The van der Waals surface area contributed by atoms with Crippen LogP contribution in [-0.4, -0.2) is 24.7 Å². The Balaban J connectivity index is 1.74. The lowest BCUT2D eigenvalue weighted by Crippen LogP contribution is -2.33. The lowest BCUT2D eigenvalue weighted by Gasteiger charge is -2.15. The number of allylic oxidation sites excluding steroid dienone is 4. The van der Waals surface area contributed by atoms with Crippen molar-refractivity contribution in [1.82, 2.24) is 9.29 Å². The van der Waals surface area contributed by atoms with Crippen LogP contribution < -0.4 is 4.72 Å². The second kappa shape index (κ2) is 10.5. The quantitative estimate of drug-likeness (QED) is 0.324. The highest BCUT2D eigenvalue weighted by Crippen LogP contribution is 2.36. The summed E-state index contributed by atoms with van der Waals surface area (Å²) in [5.74, 6) is -2.89. The molecular weight excluding hydrogens is 560 g/mol. The molecule has 0 bridgehead atoms. The van der Waals surface area contributed by atoms with Crippen molar-refractivity contribution in [2.24, 2.45) is 0 Å². The third-order valence-corrected chi connectivity index (χ3v) is 7.95. The van der Waals surface area contributed by atoms with Gasteiger partial charge >= 0.3 is 0 Å². The van der Waals surface area contributed by atoms with Crippen molar-refractivity contribution in [3.63, 3.8) is 0 Å². The summed E-state index contributed by atoms with van der Waals surface area (Å²) >= 11 is 6.27. The first kappa shape index (κ1) is 27.0. The van der Waals surface area contributed by atoms with Gasteiger partial charge in [-0.25, -0.2) is 21.9 Å². The van der Waals surface area contributed by atoms with E-state index in [-0.39, 0.29) is 56.6 Å². The van der Waals surface area contributed by atoms with Crippen molar-refractivity contribution >= 4 is 49.8 Å². The summed E-state index contributed by atoms with van der Waals surface area (Å²) < 4.78 is 58.5. The molecule has 200 valence electrons. The minimum Gasteiger partial charge on any atom is -0.331 e. The molecule has 1 aromatic heterocycles. The van der Waals surface area contributed by atoms with Crippen molar-refractivity contribution in [2.45, 2.75) is 17.9 Å². The van der Waals surface area contributed by atoms with Crippen LogP contribution in [0.5, 0.6) is 0 Å². The van der Waals surface area contributed by atoms with Gasteiger partial charge in [0.05, 0.1) is 23.1 Å². The molecule has 40 heavy (non-hydrogen) atoms. The molecule has 4 aromatic rings. The lowest BCUT2D eigenvalue weighted by atomic mass is 9.93. The molecule has 1 amide bonds. The molecule has 1 aliphatic rings. The zero-order valence-electron chi connectivity index (χ0n) is 20.5. The smallest absolute Gasteiger partial charge is 0.282 e. The Labute approximate surface area is 232 Å². The van der Waals surface area contributed by atoms with E-state index in [1.165, 1.54) is 47.0 Å². The van der Waals surface area contributed by atoms with E-state index in [1.807, 2.05) is 10.8 Å². The highest BCUT2D eigenvalue weighted by atomic mass is 35.5. The van der Waals surface area contributed by atoms with Gasteiger partial charge in [0.1, 0.15) is 17.3 Å². The number of fused-ring (bicyclic) bond motifs is 1. The first-order valence-corrected chi connectivity index (χ1v) is 13.7. The SMILES string of the molecule is N#Cc1ccc(S(=O)(=O)NC(=O)c2c(C3=CC=CCC3=O)c3cc(Cl)ccc3n2Cc2cc(F)ccc2F)cc1. The van der Waals surface area contributed by atoms with E-state index in [1.54, 1.807) is 18.2 Å². The van der Waals surface area contributed by atoms with Gasteiger partial charge in [-0.3, -0.25) is 9.59 Å². The fourth-order valence-corrected chi connectivity index (χ4v) is 5.66. The van der Waals surface area contributed by atoms with Crippen LogP contribution in [-0.2, 0) is 21.4 Å². The van der Waals surface area contributed by atoms with E-state index in [0.717, 1.165) is 18.2 Å². The van der Waals surface area contributed by atoms with E-state index < -0.39 is 27.6 Å². The number of nitrogens with one attached hydrogen (secondary N) is 1. The summed E-state index contributed by atoms with van der Waals surface area (Å²) in [4.78, 5) is 26.5. The van der Waals surface area contributed by atoms with Gasteiger partial charge in [0.25, 0.3) is 15.9 Å². The number of sulfonamides is 1. The molecule has 3 aromatic carbocycles. The number of nitriles is 1. The molecular formula is C29H18ClF2N3O4S. The largest absolute Gasteiger partial charge is 0.331 e. The Morgan fingerprint density at radius 3 is 2.52 bits per heavy atom. The van der Waals surface area contributed by atoms with E-state index in [0.29, 0.717) is 10.9 Å². The molecule has 0 spiro atoms. The van der Waals surface area contributed by atoms with Gasteiger partial charge in [-0.1, -0.05) is 29.8 Å².